The van der Waals surface area contributed by atoms with Gasteiger partial charge in [0.15, 0.2) is 10.9 Å². The van der Waals surface area contributed by atoms with Crippen LogP contribution in [0.15, 0.2) is 28.0 Å². The molecule has 0 radical (unpaired) electrons. The SMILES string of the molecule is CSc1nc(N)nc2nc(-c3ccco3)nn12. The topological polar surface area (TPSA) is 95.1 Å². The number of nitrogens with two attached hydrogens (primary N) is 1. The van der Waals surface area contributed by atoms with Crippen molar-refractivity contribution in [3.63, 3.8) is 0 Å². The molecule has 86 valence electrons. The van der Waals surface area contributed by atoms with Gasteiger partial charge in [0, 0.05) is 0 Å². The minimum Gasteiger partial charge on any atom is -0.461 e. The summed E-state index contributed by atoms with van der Waals surface area (Å²) in [5.41, 5.74) is 5.59. The first kappa shape index (κ1) is 10.1. The van der Waals surface area contributed by atoms with Crippen molar-refractivity contribution in [1.29, 1.82) is 0 Å². The molecule has 0 aliphatic carbocycles. The average Bonchev–Trinajstić information content (AvgIpc) is 2.95. The van der Waals surface area contributed by atoms with Gasteiger partial charge in [0.25, 0.3) is 5.78 Å². The zero-order valence-corrected chi connectivity index (χ0v) is 9.68. The van der Waals surface area contributed by atoms with Gasteiger partial charge < -0.3 is 10.2 Å². The molecule has 0 aliphatic heterocycles. The monoisotopic (exact) mass is 248 g/mol. The highest BCUT2D eigenvalue weighted by atomic mass is 32.2. The third-order valence-corrected chi connectivity index (χ3v) is 2.75. The summed E-state index contributed by atoms with van der Waals surface area (Å²) in [6.45, 7) is 0. The lowest BCUT2D eigenvalue weighted by Crippen LogP contribution is -2.03. The van der Waals surface area contributed by atoms with Crippen molar-refractivity contribution >= 4 is 23.5 Å². The van der Waals surface area contributed by atoms with Gasteiger partial charge in [-0.1, -0.05) is 11.8 Å². The molecule has 0 saturated heterocycles. The molecule has 3 aromatic rings. The Balaban J connectivity index is 2.25. The smallest absolute Gasteiger partial charge is 0.258 e. The molecule has 0 aromatic carbocycles. The number of aromatic nitrogens is 5. The molecule has 0 bridgehead atoms. The summed E-state index contributed by atoms with van der Waals surface area (Å²) in [4.78, 5) is 12.3. The molecular formula is C9H8N6OS. The Morgan fingerprint density at radius 1 is 1.35 bits per heavy atom. The quantitative estimate of drug-likeness (QED) is 0.678. The first-order chi connectivity index (χ1) is 8.28. The Labute approximate surface area is 100 Å². The van der Waals surface area contributed by atoms with Gasteiger partial charge in [0.1, 0.15) is 0 Å². The highest BCUT2D eigenvalue weighted by Crippen LogP contribution is 2.19. The first-order valence-corrected chi connectivity index (χ1v) is 5.98. The van der Waals surface area contributed by atoms with Crippen LogP contribution in [0.25, 0.3) is 17.4 Å². The highest BCUT2D eigenvalue weighted by Gasteiger charge is 2.13. The molecule has 0 fully saturated rings. The lowest BCUT2D eigenvalue weighted by atomic mass is 10.4. The summed E-state index contributed by atoms with van der Waals surface area (Å²) in [6, 6.07) is 3.56. The van der Waals surface area contributed by atoms with Gasteiger partial charge in [-0.2, -0.15) is 19.5 Å². The summed E-state index contributed by atoms with van der Waals surface area (Å²) < 4.78 is 6.77. The third kappa shape index (κ3) is 1.62. The van der Waals surface area contributed by atoms with E-state index in [9.17, 15) is 0 Å². The molecule has 3 heterocycles. The minimum absolute atomic E-state index is 0.181. The summed E-state index contributed by atoms with van der Waals surface area (Å²) >= 11 is 1.42. The maximum absolute atomic E-state index is 5.59. The van der Waals surface area contributed by atoms with Gasteiger partial charge in [-0.3, -0.25) is 0 Å². The van der Waals surface area contributed by atoms with Gasteiger partial charge in [-0.25, -0.2) is 0 Å². The predicted octanol–water partition coefficient (Wildman–Crippen LogP) is 1.08. The maximum atomic E-state index is 5.59. The van der Waals surface area contributed by atoms with Crippen LogP contribution in [0, 0.1) is 0 Å². The van der Waals surface area contributed by atoms with Gasteiger partial charge in [0.05, 0.1) is 6.26 Å². The summed E-state index contributed by atoms with van der Waals surface area (Å²) in [6.07, 6.45) is 3.45. The molecular weight excluding hydrogens is 240 g/mol. The van der Waals surface area contributed by atoms with Crippen molar-refractivity contribution in [2.75, 3.05) is 12.0 Å². The van der Waals surface area contributed by atoms with Crippen molar-refractivity contribution in [2.45, 2.75) is 5.16 Å². The second-order valence-electron chi connectivity index (χ2n) is 3.19. The molecule has 0 unspecified atom stereocenters. The number of fused-ring (bicyclic) bond motifs is 1. The molecule has 0 spiro atoms. The van der Waals surface area contributed by atoms with Gasteiger partial charge in [-0.05, 0) is 18.4 Å². The predicted molar refractivity (Wildman–Crippen MR) is 62.5 cm³/mol. The van der Waals surface area contributed by atoms with Crippen LogP contribution in [-0.4, -0.2) is 30.8 Å². The van der Waals surface area contributed by atoms with Gasteiger partial charge in [-0.15, -0.1) is 5.10 Å². The number of nitrogen functional groups attached to an aromatic ring is 1. The zero-order valence-electron chi connectivity index (χ0n) is 8.86. The summed E-state index contributed by atoms with van der Waals surface area (Å²) in [5.74, 6) is 1.64. The van der Waals surface area contributed by atoms with Crippen molar-refractivity contribution in [3.05, 3.63) is 18.4 Å². The Morgan fingerprint density at radius 2 is 2.24 bits per heavy atom. The number of hydrogen-bond donors (Lipinski definition) is 1. The second-order valence-corrected chi connectivity index (χ2v) is 3.97. The second kappa shape index (κ2) is 3.74. The third-order valence-electron chi connectivity index (χ3n) is 2.12. The molecule has 7 nitrogen and oxygen atoms in total. The molecule has 8 heteroatoms. The number of anilines is 1. The van der Waals surface area contributed by atoms with E-state index in [0.717, 1.165) is 0 Å². The normalized spacial score (nSPS) is 11.1. The van der Waals surface area contributed by atoms with Crippen molar-refractivity contribution in [3.8, 4) is 11.6 Å². The molecule has 3 aromatic heterocycles. The number of rotatable bonds is 2. The zero-order chi connectivity index (χ0) is 11.8. The Bertz CT molecular complexity index is 661. The Kier molecular flexibility index (Phi) is 2.22. The fourth-order valence-corrected chi connectivity index (χ4v) is 1.90. The molecule has 3 rings (SSSR count). The van der Waals surface area contributed by atoms with E-state index in [1.54, 1.807) is 22.9 Å². The average molecular weight is 248 g/mol. The molecule has 0 aliphatic rings. The van der Waals surface area contributed by atoms with E-state index in [0.29, 0.717) is 22.5 Å². The van der Waals surface area contributed by atoms with E-state index in [1.165, 1.54) is 11.8 Å². The van der Waals surface area contributed by atoms with E-state index in [-0.39, 0.29) is 5.95 Å². The Morgan fingerprint density at radius 3 is 2.94 bits per heavy atom. The van der Waals surface area contributed by atoms with Crippen molar-refractivity contribution < 1.29 is 4.42 Å². The molecule has 17 heavy (non-hydrogen) atoms. The van der Waals surface area contributed by atoms with Gasteiger partial charge >= 0.3 is 0 Å². The minimum atomic E-state index is 0.181. The van der Waals surface area contributed by atoms with Crippen LogP contribution in [0.5, 0.6) is 0 Å². The van der Waals surface area contributed by atoms with Crippen LogP contribution in [0.1, 0.15) is 0 Å². The van der Waals surface area contributed by atoms with E-state index < -0.39 is 0 Å². The van der Waals surface area contributed by atoms with Crippen LogP contribution >= 0.6 is 11.8 Å². The lowest BCUT2D eigenvalue weighted by Gasteiger charge is -1.98. The number of hydrogen-bond acceptors (Lipinski definition) is 7. The van der Waals surface area contributed by atoms with E-state index >= 15 is 0 Å². The molecule has 0 atom stereocenters. The van der Waals surface area contributed by atoms with Crippen molar-refractivity contribution in [2.24, 2.45) is 0 Å². The van der Waals surface area contributed by atoms with Crippen LogP contribution < -0.4 is 5.73 Å². The molecule has 0 saturated carbocycles. The summed E-state index contributed by atoms with van der Waals surface area (Å²) in [7, 11) is 0. The van der Waals surface area contributed by atoms with E-state index in [1.807, 2.05) is 6.26 Å². The van der Waals surface area contributed by atoms with Crippen LogP contribution in [0.4, 0.5) is 5.95 Å². The fraction of sp³-hybridized carbons (Fsp3) is 0.111. The van der Waals surface area contributed by atoms with Crippen LogP contribution in [0.3, 0.4) is 0 Å². The molecule has 0 amide bonds. The highest BCUT2D eigenvalue weighted by molar-refractivity contribution is 7.98. The van der Waals surface area contributed by atoms with Crippen LogP contribution in [0.2, 0.25) is 0 Å². The Hall–Kier alpha value is -2.09. The number of nitrogens with zero attached hydrogens (tertiary/aromatic N) is 5. The van der Waals surface area contributed by atoms with Gasteiger partial charge in [0.2, 0.25) is 11.8 Å². The number of furan rings is 1. The molecule has 2 N–H and O–H groups in total. The first-order valence-electron chi connectivity index (χ1n) is 4.76. The largest absolute Gasteiger partial charge is 0.461 e. The van der Waals surface area contributed by atoms with E-state index in [4.69, 9.17) is 10.2 Å². The summed E-state index contributed by atoms with van der Waals surface area (Å²) in [5, 5.41) is 4.91. The lowest BCUT2D eigenvalue weighted by molar-refractivity contribution is 0.576. The number of thioether (sulfide) groups is 1. The van der Waals surface area contributed by atoms with E-state index in [2.05, 4.69) is 20.1 Å². The van der Waals surface area contributed by atoms with Crippen molar-refractivity contribution in [1.82, 2.24) is 24.6 Å². The fourth-order valence-electron chi connectivity index (χ4n) is 1.42. The maximum Gasteiger partial charge on any atom is 0.258 e. The van der Waals surface area contributed by atoms with Crippen LogP contribution in [-0.2, 0) is 0 Å². The standard InChI is InChI=1S/C9H8N6OS/c1-17-9-13-7(10)12-8-11-6(14-15(8)9)5-3-2-4-16-5/h2-4H,1H3,(H2,10,11,12,14).